The van der Waals surface area contributed by atoms with Crippen LogP contribution in [0.3, 0.4) is 0 Å². The lowest BCUT2D eigenvalue weighted by molar-refractivity contribution is -0.125. The summed E-state index contributed by atoms with van der Waals surface area (Å²) in [6, 6.07) is 7.51. The minimum atomic E-state index is -0.405. The van der Waals surface area contributed by atoms with Gasteiger partial charge in [-0.1, -0.05) is 55.7 Å². The first-order chi connectivity index (χ1) is 9.36. The van der Waals surface area contributed by atoms with Crippen LogP contribution in [0, 0.1) is 5.41 Å². The highest BCUT2D eigenvalue weighted by atomic mass is 35.5. The van der Waals surface area contributed by atoms with E-state index in [-0.39, 0.29) is 12.2 Å². The molecule has 2 aromatic rings. The van der Waals surface area contributed by atoms with Gasteiger partial charge in [0.2, 0.25) is 5.89 Å². The number of rotatable bonds is 4. The average Bonchev–Trinajstić information content (AvgIpc) is 2.78. The second-order valence-corrected chi connectivity index (χ2v) is 6.13. The summed E-state index contributed by atoms with van der Waals surface area (Å²) in [5.74, 6) is 0.965. The van der Waals surface area contributed by atoms with Crippen LogP contribution in [-0.4, -0.2) is 15.9 Å². The summed E-state index contributed by atoms with van der Waals surface area (Å²) in [7, 11) is 0. The zero-order valence-corrected chi connectivity index (χ0v) is 12.6. The Hall–Kier alpha value is -1.68. The number of aromatic nitrogens is 2. The van der Waals surface area contributed by atoms with E-state index in [1.54, 1.807) is 0 Å². The molecular weight excluding hydrogens is 276 g/mol. The minimum absolute atomic E-state index is 0.0745. The molecule has 20 heavy (non-hydrogen) atoms. The normalized spacial score (nSPS) is 11.6. The molecule has 0 aliphatic carbocycles. The molecule has 0 atom stereocenters. The number of carbonyl (C=O) groups excluding carboxylic acids is 1. The monoisotopic (exact) mass is 292 g/mol. The Balaban J connectivity index is 2.07. The second kappa shape index (κ2) is 5.75. The van der Waals surface area contributed by atoms with Crippen LogP contribution in [-0.2, 0) is 17.6 Å². The van der Waals surface area contributed by atoms with Gasteiger partial charge < -0.3 is 4.52 Å². The molecule has 0 aliphatic rings. The van der Waals surface area contributed by atoms with Crippen LogP contribution in [0.4, 0.5) is 0 Å². The van der Waals surface area contributed by atoms with Crippen LogP contribution < -0.4 is 0 Å². The maximum Gasteiger partial charge on any atom is 0.234 e. The van der Waals surface area contributed by atoms with Crippen LogP contribution in [0.5, 0.6) is 0 Å². The Bertz CT molecular complexity index is 614. The molecule has 1 aromatic heterocycles. The van der Waals surface area contributed by atoms with Crippen molar-refractivity contribution in [3.63, 3.8) is 0 Å². The van der Waals surface area contributed by atoms with Gasteiger partial charge in [-0.2, -0.15) is 4.98 Å². The third-order valence-electron chi connectivity index (χ3n) is 2.96. The van der Waals surface area contributed by atoms with Crippen LogP contribution in [0.2, 0.25) is 5.02 Å². The van der Waals surface area contributed by atoms with E-state index in [1.165, 1.54) is 0 Å². The van der Waals surface area contributed by atoms with E-state index in [2.05, 4.69) is 10.1 Å². The van der Waals surface area contributed by atoms with Gasteiger partial charge in [-0.15, -0.1) is 0 Å². The van der Waals surface area contributed by atoms with E-state index in [1.807, 2.05) is 45.0 Å². The smallest absolute Gasteiger partial charge is 0.234 e. The second-order valence-electron chi connectivity index (χ2n) is 5.72. The fourth-order valence-electron chi connectivity index (χ4n) is 1.65. The fraction of sp³-hybridized carbons (Fsp3) is 0.400. The van der Waals surface area contributed by atoms with Gasteiger partial charge in [-0.25, -0.2) is 0 Å². The summed E-state index contributed by atoms with van der Waals surface area (Å²) in [5, 5.41) is 4.56. The molecule has 0 fully saturated rings. The predicted molar refractivity (Wildman–Crippen MR) is 76.7 cm³/mol. The molecular formula is C15H17ClN2O2. The molecule has 0 unspecified atom stereocenters. The predicted octanol–water partition coefficient (Wildman–Crippen LogP) is 3.47. The van der Waals surface area contributed by atoms with Gasteiger partial charge >= 0.3 is 0 Å². The Kier molecular flexibility index (Phi) is 4.23. The Labute approximate surface area is 123 Å². The maximum absolute atomic E-state index is 11.9. The lowest BCUT2D eigenvalue weighted by Gasteiger charge is -2.14. The van der Waals surface area contributed by atoms with E-state index >= 15 is 0 Å². The van der Waals surface area contributed by atoms with Crippen molar-refractivity contribution in [2.75, 3.05) is 0 Å². The van der Waals surface area contributed by atoms with Gasteiger partial charge in [0.15, 0.2) is 5.82 Å². The van der Waals surface area contributed by atoms with E-state index in [4.69, 9.17) is 16.1 Å². The van der Waals surface area contributed by atoms with Crippen molar-refractivity contribution in [2.24, 2.45) is 5.41 Å². The first kappa shape index (κ1) is 14.7. The van der Waals surface area contributed by atoms with Gasteiger partial charge in [0.1, 0.15) is 5.78 Å². The number of hydrogen-bond donors (Lipinski definition) is 0. The van der Waals surface area contributed by atoms with Crippen LogP contribution in [0.1, 0.15) is 38.0 Å². The number of carbonyl (C=O) groups is 1. The average molecular weight is 293 g/mol. The highest BCUT2D eigenvalue weighted by Crippen LogP contribution is 2.19. The van der Waals surface area contributed by atoms with Gasteiger partial charge in [0.25, 0.3) is 0 Å². The molecule has 0 spiro atoms. The molecule has 0 amide bonds. The van der Waals surface area contributed by atoms with Crippen LogP contribution in [0.25, 0.3) is 0 Å². The van der Waals surface area contributed by atoms with Gasteiger partial charge in [-0.3, -0.25) is 4.79 Å². The highest BCUT2D eigenvalue weighted by Gasteiger charge is 2.23. The van der Waals surface area contributed by atoms with Gasteiger partial charge in [-0.05, 0) is 11.6 Å². The Morgan fingerprint density at radius 3 is 2.65 bits per heavy atom. The van der Waals surface area contributed by atoms with Crippen molar-refractivity contribution in [2.45, 2.75) is 33.6 Å². The Morgan fingerprint density at radius 2 is 2.00 bits per heavy atom. The van der Waals surface area contributed by atoms with E-state index in [0.717, 1.165) is 5.56 Å². The molecule has 0 saturated carbocycles. The van der Waals surface area contributed by atoms with E-state index in [0.29, 0.717) is 23.2 Å². The SMILES string of the molecule is CC(C)(C)C(=O)Cc1nc(Cc2ccccc2Cl)no1. The molecule has 0 aliphatic heterocycles. The molecule has 2 rings (SSSR count). The van der Waals surface area contributed by atoms with Crippen molar-refractivity contribution in [1.82, 2.24) is 10.1 Å². The van der Waals surface area contributed by atoms with E-state index < -0.39 is 5.41 Å². The molecule has 5 heteroatoms. The third kappa shape index (κ3) is 3.67. The highest BCUT2D eigenvalue weighted by molar-refractivity contribution is 6.31. The lowest BCUT2D eigenvalue weighted by atomic mass is 9.89. The molecule has 1 aromatic carbocycles. The first-order valence-electron chi connectivity index (χ1n) is 6.44. The Morgan fingerprint density at radius 1 is 1.30 bits per heavy atom. The van der Waals surface area contributed by atoms with Gasteiger partial charge in [0, 0.05) is 16.9 Å². The van der Waals surface area contributed by atoms with Crippen molar-refractivity contribution < 1.29 is 9.32 Å². The summed E-state index contributed by atoms with van der Waals surface area (Å²) in [6.07, 6.45) is 0.659. The summed E-state index contributed by atoms with van der Waals surface area (Å²) in [5.41, 5.74) is 0.529. The number of halogens is 1. The quantitative estimate of drug-likeness (QED) is 0.866. The summed E-state index contributed by atoms with van der Waals surface area (Å²) >= 11 is 6.08. The maximum atomic E-state index is 11.9. The van der Waals surface area contributed by atoms with Crippen molar-refractivity contribution in [3.8, 4) is 0 Å². The van der Waals surface area contributed by atoms with Crippen molar-refractivity contribution in [3.05, 3.63) is 46.6 Å². The van der Waals surface area contributed by atoms with Crippen LogP contribution >= 0.6 is 11.6 Å². The van der Waals surface area contributed by atoms with Crippen LogP contribution in [0.15, 0.2) is 28.8 Å². The molecule has 0 N–H and O–H groups in total. The molecule has 0 bridgehead atoms. The molecule has 1 heterocycles. The zero-order chi connectivity index (χ0) is 14.8. The zero-order valence-electron chi connectivity index (χ0n) is 11.8. The number of hydrogen-bond acceptors (Lipinski definition) is 4. The number of benzene rings is 1. The number of Topliss-reactive ketones (excluding diaryl/α,β-unsaturated/α-hetero) is 1. The van der Waals surface area contributed by atoms with Gasteiger partial charge in [0.05, 0.1) is 6.42 Å². The standard InChI is InChI=1S/C15H17ClN2O2/c1-15(2,3)12(19)9-14-17-13(18-20-14)8-10-6-4-5-7-11(10)16/h4-7H,8-9H2,1-3H3. The van der Waals surface area contributed by atoms with E-state index in [9.17, 15) is 4.79 Å². The largest absolute Gasteiger partial charge is 0.339 e. The lowest BCUT2D eigenvalue weighted by Crippen LogP contribution is -2.22. The topological polar surface area (TPSA) is 56.0 Å². The summed E-state index contributed by atoms with van der Waals surface area (Å²) in [4.78, 5) is 16.1. The minimum Gasteiger partial charge on any atom is -0.339 e. The molecule has 106 valence electrons. The van der Waals surface area contributed by atoms with Crippen molar-refractivity contribution >= 4 is 17.4 Å². The molecule has 0 saturated heterocycles. The molecule has 0 radical (unpaired) electrons. The van der Waals surface area contributed by atoms with Crippen molar-refractivity contribution in [1.29, 1.82) is 0 Å². The summed E-state index contributed by atoms with van der Waals surface area (Å²) in [6.45, 7) is 5.61. The number of ketones is 1. The number of nitrogens with zero attached hydrogens (tertiary/aromatic N) is 2. The first-order valence-corrected chi connectivity index (χ1v) is 6.82. The fourth-order valence-corrected chi connectivity index (χ4v) is 1.85. The molecule has 4 nitrogen and oxygen atoms in total. The third-order valence-corrected chi connectivity index (χ3v) is 3.33. The summed E-state index contributed by atoms with van der Waals surface area (Å²) < 4.78 is 5.12.